The van der Waals surface area contributed by atoms with Gasteiger partial charge in [0.1, 0.15) is 13.1 Å². The summed E-state index contributed by atoms with van der Waals surface area (Å²) in [4.78, 5) is 5.30. The minimum Gasteiger partial charge on any atom is -0.344 e. The van der Waals surface area contributed by atoms with Crippen LogP contribution in [0.5, 0.6) is 0 Å². The summed E-state index contributed by atoms with van der Waals surface area (Å²) < 4.78 is 5.30. The van der Waals surface area contributed by atoms with Crippen LogP contribution in [0.1, 0.15) is 155 Å². The SMILES string of the molecule is CC1(C)C2=CC=C3CCC(=C3Cl)C=CC3=[N+](CCCCCC[N+]4=C(C=CC5=C(Cl)C(=CC=C6N(CCCCCCN2c2ccc7ccccc7c21)c1ccc2ccccc2c1C6(C)C)CC5)C(C)(C)c1c4ccc2ccccc12)c1ccc2ccccc2c1C3(C)C. The van der Waals surface area contributed by atoms with Crippen molar-refractivity contribution >= 4 is 100 Å². The molecule has 8 aromatic carbocycles. The highest BCUT2D eigenvalue weighted by atomic mass is 35.5. The van der Waals surface area contributed by atoms with Gasteiger partial charge < -0.3 is 9.80 Å². The number of hydrogen-bond acceptors (Lipinski definition) is 2. The molecule has 7 aliphatic rings. The molecule has 0 unspecified atom stereocenters. The summed E-state index contributed by atoms with van der Waals surface area (Å²) in [5, 5.41) is 12.4. The molecular weight excluding hydrogens is 1160 g/mol. The maximum absolute atomic E-state index is 7.61. The minimum atomic E-state index is -0.211. The number of fused-ring (bicyclic) bond motifs is 20. The van der Waals surface area contributed by atoms with E-state index in [0.717, 1.165) is 113 Å². The Balaban J connectivity index is 0.799. The van der Waals surface area contributed by atoms with E-state index in [2.05, 4.69) is 269 Å². The molecule has 0 saturated heterocycles. The van der Waals surface area contributed by atoms with E-state index in [1.807, 2.05) is 0 Å². The Kier molecular flexibility index (Phi) is 15.6. The highest BCUT2D eigenvalue weighted by Crippen LogP contribution is 2.54. The summed E-state index contributed by atoms with van der Waals surface area (Å²) in [6.45, 7) is 23.3. The average Bonchev–Trinajstić information content (AvgIpc) is 1.60. The van der Waals surface area contributed by atoms with Crippen molar-refractivity contribution in [3.05, 3.63) is 260 Å². The van der Waals surface area contributed by atoms with Crippen molar-refractivity contribution in [2.24, 2.45) is 0 Å². The molecule has 8 aromatic rings. The van der Waals surface area contributed by atoms with Crippen LogP contribution in [0.2, 0.25) is 0 Å². The zero-order chi connectivity index (χ0) is 63.3. The topological polar surface area (TPSA) is 12.5 Å². The molecule has 4 bridgehead atoms. The van der Waals surface area contributed by atoms with Crippen LogP contribution >= 0.6 is 23.2 Å². The first-order valence-corrected chi connectivity index (χ1v) is 35.2. The third kappa shape index (κ3) is 10.1. The van der Waals surface area contributed by atoms with Gasteiger partial charge >= 0.3 is 0 Å². The number of nitrogens with zero attached hydrogens (tertiary/aromatic N) is 4. The van der Waals surface area contributed by atoms with Crippen LogP contribution in [0, 0.1) is 0 Å². The highest BCUT2D eigenvalue weighted by molar-refractivity contribution is 6.33. The highest BCUT2D eigenvalue weighted by Gasteiger charge is 2.48. The largest absolute Gasteiger partial charge is 0.344 e. The third-order valence-corrected chi connectivity index (χ3v) is 23.2. The minimum absolute atomic E-state index is 0.211. The van der Waals surface area contributed by atoms with Crippen molar-refractivity contribution in [1.82, 2.24) is 0 Å². The first-order valence-electron chi connectivity index (χ1n) is 34.4. The molecule has 0 N–H and O–H groups in total. The van der Waals surface area contributed by atoms with Gasteiger partial charge in [-0.25, -0.2) is 0 Å². The molecule has 0 amide bonds. The first-order chi connectivity index (χ1) is 44.5. The van der Waals surface area contributed by atoms with E-state index < -0.39 is 0 Å². The lowest BCUT2D eigenvalue weighted by atomic mass is 9.79. The molecule has 4 nitrogen and oxygen atoms in total. The standard InChI is InChI=1S/C86H88Cl2N4/c1-83(2)73-49-41-61-33-34-62(81(61)87)42-50-74-84(3,4)79-67-31-19-15-27-59(67)39-47-71(79)91(74)55-23-11-12-24-56-92-72-48-40-60-28-16-20-32-68(60)80(72)86(7,8)76(92)52-44-64-36-35-63(82(64)88)43-51-75-85(5,6)78-66-30-18-14-26-58(66)38-46-70(78)90(75)54-22-10-9-21-53-89(73)69-45-37-57-25-13-17-29-65(57)77(69)83/h13-20,25-32,37-52H,9-12,21-24,33-36,53-56H2,1-8H3/q+2. The Morgan fingerprint density at radius 3 is 1.08 bits per heavy atom. The number of rotatable bonds is 0. The number of allylic oxidation sites excluding steroid dienone is 16. The lowest BCUT2D eigenvalue weighted by molar-refractivity contribution is -0.440. The summed E-state index contributed by atoms with van der Waals surface area (Å²) in [5.41, 5.74) is 20.5. The second-order valence-corrected chi connectivity index (χ2v) is 30.0. The molecule has 0 spiro atoms. The van der Waals surface area contributed by atoms with Crippen LogP contribution in [0.15, 0.2) is 238 Å². The average molecular weight is 1250 g/mol. The fraction of sp³-hybridized carbons (Fsp3) is 0.326. The molecule has 5 aliphatic heterocycles. The Hall–Kier alpha value is -7.76. The van der Waals surface area contributed by atoms with Gasteiger partial charge in [-0.3, -0.25) is 0 Å². The van der Waals surface area contributed by atoms with Gasteiger partial charge in [0.15, 0.2) is 11.4 Å². The van der Waals surface area contributed by atoms with Crippen molar-refractivity contribution in [3.63, 3.8) is 0 Å². The second kappa shape index (κ2) is 23.7. The molecule has 6 heteroatoms. The molecule has 0 fully saturated rings. The number of anilines is 2. The number of benzene rings is 8. The summed E-state index contributed by atoms with van der Waals surface area (Å²) >= 11 is 15.2. The van der Waals surface area contributed by atoms with Gasteiger partial charge in [0, 0.05) is 105 Å². The van der Waals surface area contributed by atoms with Crippen LogP contribution in [0.4, 0.5) is 22.7 Å². The smallest absolute Gasteiger partial charge is 0.210 e. The van der Waals surface area contributed by atoms with Gasteiger partial charge in [-0.2, -0.15) is 9.15 Å². The van der Waals surface area contributed by atoms with Crippen LogP contribution < -0.4 is 9.80 Å². The zero-order valence-electron chi connectivity index (χ0n) is 55.3. The zero-order valence-corrected chi connectivity index (χ0v) is 56.8. The van der Waals surface area contributed by atoms with Gasteiger partial charge in [0.2, 0.25) is 11.4 Å². The van der Waals surface area contributed by atoms with Crippen LogP contribution in [0.3, 0.4) is 0 Å². The molecule has 464 valence electrons. The van der Waals surface area contributed by atoms with Gasteiger partial charge in [-0.05, 0) is 192 Å². The molecule has 5 heterocycles. The molecule has 0 atom stereocenters. The maximum Gasteiger partial charge on any atom is 0.210 e. The van der Waals surface area contributed by atoms with Gasteiger partial charge in [-0.15, -0.1) is 0 Å². The molecular formula is C86H88Cl2N4+2. The molecule has 0 radical (unpaired) electrons. The summed E-state index contributed by atoms with van der Waals surface area (Å²) in [6.07, 6.45) is 31.8. The summed E-state index contributed by atoms with van der Waals surface area (Å²) in [7, 11) is 0. The Labute approximate surface area is 556 Å². The van der Waals surface area contributed by atoms with Crippen molar-refractivity contribution in [3.8, 4) is 0 Å². The van der Waals surface area contributed by atoms with Crippen molar-refractivity contribution in [2.45, 2.75) is 154 Å². The van der Waals surface area contributed by atoms with Crippen LogP contribution in [-0.2, 0) is 21.7 Å². The second-order valence-electron chi connectivity index (χ2n) is 29.3. The summed E-state index contributed by atoms with van der Waals surface area (Å²) in [5.74, 6) is 0. The number of hydrogen-bond donors (Lipinski definition) is 0. The Morgan fingerprint density at radius 1 is 0.337 bits per heavy atom. The van der Waals surface area contributed by atoms with E-state index in [1.54, 1.807) is 0 Å². The first kappa shape index (κ1) is 60.5. The molecule has 2 aliphatic carbocycles. The van der Waals surface area contributed by atoms with E-state index in [9.17, 15) is 0 Å². The van der Waals surface area contributed by atoms with Crippen molar-refractivity contribution in [2.75, 3.05) is 36.0 Å². The molecule has 0 aromatic heterocycles. The maximum atomic E-state index is 7.61. The van der Waals surface area contributed by atoms with Gasteiger partial charge in [-0.1, -0.05) is 197 Å². The van der Waals surface area contributed by atoms with Crippen LogP contribution in [0.25, 0.3) is 43.1 Å². The normalized spacial score (nSPS) is 20.8. The van der Waals surface area contributed by atoms with Gasteiger partial charge in [0.05, 0.1) is 10.8 Å². The Morgan fingerprint density at radius 2 is 0.685 bits per heavy atom. The van der Waals surface area contributed by atoms with E-state index >= 15 is 0 Å². The lowest BCUT2D eigenvalue weighted by Crippen LogP contribution is -2.28. The van der Waals surface area contributed by atoms with E-state index in [0.29, 0.717) is 0 Å². The molecule has 92 heavy (non-hydrogen) atoms. The fourth-order valence-corrected chi connectivity index (χ4v) is 18.3. The monoisotopic (exact) mass is 1250 g/mol. The fourth-order valence-electron chi connectivity index (χ4n) is 17.6. The lowest BCUT2D eigenvalue weighted by Gasteiger charge is -2.28. The molecule has 15 rings (SSSR count). The van der Waals surface area contributed by atoms with E-state index in [1.165, 1.54) is 133 Å². The summed E-state index contributed by atoms with van der Waals surface area (Å²) in [6, 6.07) is 54.7. The quantitative estimate of drug-likeness (QED) is 0.140. The third-order valence-electron chi connectivity index (χ3n) is 22.3. The number of halogens is 2. The predicted octanol–water partition coefficient (Wildman–Crippen LogP) is 22.8. The predicted molar refractivity (Wildman–Crippen MR) is 394 cm³/mol. The van der Waals surface area contributed by atoms with E-state index in [4.69, 9.17) is 23.2 Å². The van der Waals surface area contributed by atoms with E-state index in [-0.39, 0.29) is 21.7 Å². The van der Waals surface area contributed by atoms with Crippen LogP contribution in [-0.4, -0.2) is 46.8 Å². The Bertz CT molecular complexity index is 4430. The molecule has 0 saturated carbocycles. The van der Waals surface area contributed by atoms with Crippen molar-refractivity contribution < 1.29 is 9.15 Å². The van der Waals surface area contributed by atoms with Crippen molar-refractivity contribution in [1.29, 1.82) is 0 Å². The van der Waals surface area contributed by atoms with Gasteiger partial charge in [0.25, 0.3) is 0 Å².